The highest BCUT2D eigenvalue weighted by atomic mass is 35.5. The van der Waals surface area contributed by atoms with Gasteiger partial charge < -0.3 is 20.3 Å². The largest absolute Gasteiger partial charge is 0.378 e. The maximum Gasteiger partial charge on any atom is 0.231 e. The van der Waals surface area contributed by atoms with Crippen LogP contribution in [0.3, 0.4) is 0 Å². The molecular formula is C11H15ClN6O2. The summed E-state index contributed by atoms with van der Waals surface area (Å²) in [5.74, 6) is 0.956. The number of ether oxygens (including phenoxy) is 1. The number of carbonyl (C=O) groups is 1. The average Bonchev–Trinajstić information content (AvgIpc) is 2.84. The third kappa shape index (κ3) is 3.07. The van der Waals surface area contributed by atoms with Gasteiger partial charge in [0.15, 0.2) is 0 Å². The van der Waals surface area contributed by atoms with Crippen LogP contribution >= 0.6 is 11.6 Å². The van der Waals surface area contributed by atoms with E-state index in [0.717, 1.165) is 13.1 Å². The van der Waals surface area contributed by atoms with Crippen molar-refractivity contribution in [1.82, 2.24) is 20.3 Å². The minimum Gasteiger partial charge on any atom is -0.378 e. The second kappa shape index (κ2) is 5.76. The lowest BCUT2D eigenvalue weighted by atomic mass is 10.3. The van der Waals surface area contributed by atoms with Crippen LogP contribution in [0, 0.1) is 0 Å². The minimum atomic E-state index is -0.0153. The number of nitrogens with one attached hydrogen (secondary N) is 2. The number of anilines is 2. The third-order valence-electron chi connectivity index (χ3n) is 3.20. The van der Waals surface area contributed by atoms with Crippen molar-refractivity contribution in [3.8, 4) is 0 Å². The molecule has 3 heterocycles. The van der Waals surface area contributed by atoms with Crippen molar-refractivity contribution in [2.24, 2.45) is 0 Å². The first-order chi connectivity index (χ1) is 9.70. The first kappa shape index (κ1) is 13.3. The molecule has 1 aromatic rings. The van der Waals surface area contributed by atoms with E-state index in [0.29, 0.717) is 38.1 Å². The zero-order valence-corrected chi connectivity index (χ0v) is 11.6. The van der Waals surface area contributed by atoms with Crippen LogP contribution in [0.4, 0.5) is 11.9 Å². The van der Waals surface area contributed by atoms with Gasteiger partial charge >= 0.3 is 0 Å². The SMILES string of the molecule is O=C1CC(Nc2nc(Cl)nc(N3CCOCC3)n2)CN1. The molecule has 1 atom stereocenters. The van der Waals surface area contributed by atoms with Crippen molar-refractivity contribution >= 4 is 29.4 Å². The highest BCUT2D eigenvalue weighted by Crippen LogP contribution is 2.16. The molecule has 2 N–H and O–H groups in total. The van der Waals surface area contributed by atoms with Gasteiger partial charge in [-0.3, -0.25) is 4.79 Å². The number of rotatable bonds is 3. The fourth-order valence-electron chi connectivity index (χ4n) is 2.20. The molecule has 1 unspecified atom stereocenters. The molecule has 1 amide bonds. The lowest BCUT2D eigenvalue weighted by Gasteiger charge is -2.26. The summed E-state index contributed by atoms with van der Waals surface area (Å²) in [7, 11) is 0. The zero-order valence-electron chi connectivity index (χ0n) is 10.8. The number of carbonyl (C=O) groups excluding carboxylic acids is 1. The first-order valence-corrected chi connectivity index (χ1v) is 6.86. The van der Waals surface area contributed by atoms with E-state index in [1.165, 1.54) is 0 Å². The van der Waals surface area contributed by atoms with Crippen LogP contribution in [-0.4, -0.2) is 59.7 Å². The molecule has 0 aliphatic carbocycles. The lowest BCUT2D eigenvalue weighted by molar-refractivity contribution is -0.119. The summed E-state index contributed by atoms with van der Waals surface area (Å²) in [5.41, 5.74) is 0. The molecule has 20 heavy (non-hydrogen) atoms. The van der Waals surface area contributed by atoms with Gasteiger partial charge in [-0.15, -0.1) is 0 Å². The Hall–Kier alpha value is -1.67. The summed E-state index contributed by atoms with van der Waals surface area (Å²) in [6.07, 6.45) is 0.413. The highest BCUT2D eigenvalue weighted by molar-refractivity contribution is 6.28. The molecule has 108 valence electrons. The van der Waals surface area contributed by atoms with Gasteiger partial charge in [-0.05, 0) is 11.6 Å². The molecule has 2 aliphatic rings. The van der Waals surface area contributed by atoms with Gasteiger partial charge in [0.2, 0.25) is 23.1 Å². The second-order valence-corrected chi connectivity index (χ2v) is 5.01. The van der Waals surface area contributed by atoms with Crippen LogP contribution in [0.2, 0.25) is 5.28 Å². The van der Waals surface area contributed by atoms with Crippen molar-refractivity contribution in [2.75, 3.05) is 43.1 Å². The van der Waals surface area contributed by atoms with Crippen molar-refractivity contribution < 1.29 is 9.53 Å². The first-order valence-electron chi connectivity index (χ1n) is 6.48. The van der Waals surface area contributed by atoms with Crippen LogP contribution in [0.25, 0.3) is 0 Å². The minimum absolute atomic E-state index is 0.0153. The van der Waals surface area contributed by atoms with E-state index < -0.39 is 0 Å². The van der Waals surface area contributed by atoms with Crippen molar-refractivity contribution in [3.05, 3.63) is 5.28 Å². The number of hydrogen-bond donors (Lipinski definition) is 2. The third-order valence-corrected chi connectivity index (χ3v) is 3.37. The Kier molecular flexibility index (Phi) is 3.83. The Balaban J connectivity index is 1.74. The topological polar surface area (TPSA) is 92.3 Å². The van der Waals surface area contributed by atoms with Crippen molar-refractivity contribution in [1.29, 1.82) is 0 Å². The van der Waals surface area contributed by atoms with Crippen LogP contribution in [0.15, 0.2) is 0 Å². The molecule has 2 aliphatic heterocycles. The van der Waals surface area contributed by atoms with E-state index in [1.807, 2.05) is 4.90 Å². The van der Waals surface area contributed by atoms with Gasteiger partial charge in [0.25, 0.3) is 0 Å². The number of nitrogens with zero attached hydrogens (tertiary/aromatic N) is 4. The van der Waals surface area contributed by atoms with E-state index in [9.17, 15) is 4.79 Å². The fourth-order valence-corrected chi connectivity index (χ4v) is 2.35. The maximum atomic E-state index is 11.2. The number of aromatic nitrogens is 3. The van der Waals surface area contributed by atoms with Crippen LogP contribution in [0.1, 0.15) is 6.42 Å². The van der Waals surface area contributed by atoms with Crippen molar-refractivity contribution in [3.63, 3.8) is 0 Å². The summed E-state index contributed by atoms with van der Waals surface area (Å²) in [4.78, 5) is 25.7. The molecule has 0 saturated carbocycles. The number of morpholine rings is 1. The molecule has 8 nitrogen and oxygen atoms in total. The monoisotopic (exact) mass is 298 g/mol. The molecule has 2 saturated heterocycles. The van der Waals surface area contributed by atoms with Gasteiger partial charge in [0, 0.05) is 26.1 Å². The van der Waals surface area contributed by atoms with E-state index in [1.54, 1.807) is 0 Å². The van der Waals surface area contributed by atoms with Gasteiger partial charge in [0.1, 0.15) is 0 Å². The predicted octanol–water partition coefficient (Wildman–Crippen LogP) is -0.338. The summed E-state index contributed by atoms with van der Waals surface area (Å²) < 4.78 is 5.29. The Morgan fingerprint density at radius 2 is 2.10 bits per heavy atom. The Labute approximate surface area is 120 Å². The van der Waals surface area contributed by atoms with Gasteiger partial charge in [-0.25, -0.2) is 0 Å². The van der Waals surface area contributed by atoms with Gasteiger partial charge in [0.05, 0.1) is 19.3 Å². The highest BCUT2D eigenvalue weighted by Gasteiger charge is 2.23. The number of amides is 1. The molecule has 0 radical (unpaired) electrons. The normalized spacial score (nSPS) is 22.8. The van der Waals surface area contributed by atoms with Crippen molar-refractivity contribution in [2.45, 2.75) is 12.5 Å². The molecule has 0 spiro atoms. The Bertz CT molecular complexity index is 508. The average molecular weight is 299 g/mol. The standard InChI is InChI=1S/C11H15ClN6O2/c12-9-15-10(14-7-5-8(19)13-6-7)17-11(16-9)18-1-3-20-4-2-18/h7H,1-6H2,(H,13,19)(H,14,15,16,17). The number of halogens is 1. The molecule has 2 fully saturated rings. The summed E-state index contributed by atoms with van der Waals surface area (Å²) in [5, 5.41) is 5.99. The van der Waals surface area contributed by atoms with Crippen LogP contribution in [0.5, 0.6) is 0 Å². The zero-order chi connectivity index (χ0) is 13.9. The summed E-state index contributed by atoms with van der Waals surface area (Å²) >= 11 is 5.94. The molecular weight excluding hydrogens is 284 g/mol. The van der Waals surface area contributed by atoms with Gasteiger partial charge in [-0.2, -0.15) is 15.0 Å². The van der Waals surface area contributed by atoms with Gasteiger partial charge in [-0.1, -0.05) is 0 Å². The quantitative estimate of drug-likeness (QED) is 0.789. The molecule has 0 aromatic carbocycles. The molecule has 1 aromatic heterocycles. The predicted molar refractivity (Wildman–Crippen MR) is 72.9 cm³/mol. The maximum absolute atomic E-state index is 11.2. The lowest BCUT2D eigenvalue weighted by Crippen LogP contribution is -2.37. The Morgan fingerprint density at radius 3 is 2.80 bits per heavy atom. The van der Waals surface area contributed by atoms with Crippen LogP contribution < -0.4 is 15.5 Å². The number of hydrogen-bond acceptors (Lipinski definition) is 7. The molecule has 0 bridgehead atoms. The smallest absolute Gasteiger partial charge is 0.231 e. The van der Waals surface area contributed by atoms with E-state index in [4.69, 9.17) is 16.3 Å². The van der Waals surface area contributed by atoms with Crippen LogP contribution in [-0.2, 0) is 9.53 Å². The molecule has 9 heteroatoms. The molecule has 3 rings (SSSR count). The van der Waals surface area contributed by atoms with E-state index in [2.05, 4.69) is 25.6 Å². The van der Waals surface area contributed by atoms with E-state index in [-0.39, 0.29) is 17.2 Å². The van der Waals surface area contributed by atoms with E-state index >= 15 is 0 Å². The summed E-state index contributed by atoms with van der Waals surface area (Å²) in [6, 6.07) is -0.0153. The fraction of sp³-hybridized carbons (Fsp3) is 0.636. The summed E-state index contributed by atoms with van der Waals surface area (Å²) in [6.45, 7) is 3.31. The Morgan fingerprint density at radius 1 is 1.30 bits per heavy atom. The second-order valence-electron chi connectivity index (χ2n) is 4.68.